The van der Waals surface area contributed by atoms with Gasteiger partial charge in [-0.1, -0.05) is 40.2 Å². The van der Waals surface area contributed by atoms with Crippen LogP contribution in [0.3, 0.4) is 0 Å². The van der Waals surface area contributed by atoms with E-state index in [1.807, 2.05) is 0 Å². The normalized spacial score (nSPS) is 11.7. The van der Waals surface area contributed by atoms with Crippen LogP contribution in [0, 0.1) is 0 Å². The first-order valence-corrected chi connectivity index (χ1v) is 8.61. The van der Waals surface area contributed by atoms with Crippen molar-refractivity contribution >= 4 is 33.9 Å². The molecule has 0 saturated heterocycles. The van der Waals surface area contributed by atoms with E-state index < -0.39 is 24.1 Å². The molecule has 8 heteroatoms. The Morgan fingerprint density at radius 2 is 1.85 bits per heavy atom. The topological polar surface area (TPSA) is 113 Å². The maximum Gasteiger partial charge on any atom is 0.414 e. The number of benzene rings is 2. The van der Waals surface area contributed by atoms with Crippen LogP contribution in [-0.2, 0) is 9.53 Å². The van der Waals surface area contributed by atoms with E-state index in [2.05, 4.69) is 21.2 Å². The summed E-state index contributed by atoms with van der Waals surface area (Å²) in [6.07, 6.45) is 0.167. The second-order valence-corrected chi connectivity index (χ2v) is 6.31. The van der Waals surface area contributed by atoms with Crippen LogP contribution in [0.15, 0.2) is 65.2 Å². The van der Waals surface area contributed by atoms with Crippen molar-refractivity contribution in [2.45, 2.75) is 12.5 Å². The Bertz CT molecular complexity index is 866. The smallest absolute Gasteiger partial charge is 0.414 e. The average Bonchev–Trinajstić information content (AvgIpc) is 2.63. The number of carbonyl (C=O) groups is 3. The summed E-state index contributed by atoms with van der Waals surface area (Å²) in [6.45, 7) is 0. The molecule has 0 fully saturated rings. The minimum absolute atomic E-state index is 0.0107. The molecule has 0 radical (unpaired) electrons. The highest BCUT2D eigenvalue weighted by Gasteiger charge is 2.21. The van der Waals surface area contributed by atoms with Crippen LogP contribution in [0.4, 0.5) is 4.79 Å². The third-order valence-corrected chi connectivity index (χ3v) is 3.94. The summed E-state index contributed by atoms with van der Waals surface area (Å²) < 4.78 is 5.88. The summed E-state index contributed by atoms with van der Waals surface area (Å²) in [5.41, 5.74) is 0.545. The van der Waals surface area contributed by atoms with E-state index in [9.17, 15) is 19.5 Å². The van der Waals surface area contributed by atoms with Crippen molar-refractivity contribution in [2.75, 3.05) is 0 Å². The number of phenols is 1. The van der Waals surface area contributed by atoms with E-state index in [4.69, 9.17) is 9.84 Å². The van der Waals surface area contributed by atoms with Crippen LogP contribution in [0.2, 0.25) is 0 Å². The quantitative estimate of drug-likeness (QED) is 0.597. The second kappa shape index (κ2) is 9.54. The number of hydrogen-bond acceptors (Lipinski definition) is 5. The number of rotatable bonds is 6. The molecule has 0 saturated carbocycles. The van der Waals surface area contributed by atoms with Crippen LogP contribution in [0.5, 0.6) is 5.75 Å². The number of amides is 2. The Kier molecular flexibility index (Phi) is 7.13. The van der Waals surface area contributed by atoms with Gasteiger partial charge in [0.05, 0.1) is 0 Å². The Morgan fingerprint density at radius 1 is 1.15 bits per heavy atom. The van der Waals surface area contributed by atoms with E-state index in [-0.39, 0.29) is 23.3 Å². The lowest BCUT2D eigenvalue weighted by Crippen LogP contribution is -2.32. The number of alkyl carbamates (subject to hydrolysis) is 1. The molecule has 0 bridgehead atoms. The molecular weight excluding hydrogens is 418 g/mol. The number of imide groups is 1. The SMILES string of the molecule is O=C(O)/C=C/C[C@@H](OC(=O)NC(=O)c1ccccc1)c1cc(Br)ccc1O. The first-order valence-electron chi connectivity index (χ1n) is 7.81. The molecule has 2 rings (SSSR count). The molecule has 0 spiro atoms. The van der Waals surface area contributed by atoms with Gasteiger partial charge in [-0.05, 0) is 30.3 Å². The molecule has 2 aromatic carbocycles. The Hall–Kier alpha value is -3.13. The number of carboxylic acids is 1. The van der Waals surface area contributed by atoms with Gasteiger partial charge in [-0.3, -0.25) is 10.1 Å². The average molecular weight is 434 g/mol. The predicted octanol–water partition coefficient (Wildman–Crippen LogP) is 3.79. The number of hydrogen-bond donors (Lipinski definition) is 3. The Balaban J connectivity index is 2.15. The van der Waals surface area contributed by atoms with E-state index in [1.54, 1.807) is 30.3 Å². The highest BCUT2D eigenvalue weighted by atomic mass is 79.9. The molecule has 0 aliphatic rings. The Labute approximate surface area is 163 Å². The molecule has 7 nitrogen and oxygen atoms in total. The van der Waals surface area contributed by atoms with E-state index in [0.717, 1.165) is 6.08 Å². The van der Waals surface area contributed by atoms with Gasteiger partial charge < -0.3 is 14.9 Å². The molecule has 0 aliphatic carbocycles. The zero-order valence-electron chi connectivity index (χ0n) is 14.0. The second-order valence-electron chi connectivity index (χ2n) is 5.39. The van der Waals surface area contributed by atoms with Gasteiger partial charge in [-0.2, -0.15) is 0 Å². The number of nitrogens with one attached hydrogen (secondary N) is 1. The minimum Gasteiger partial charge on any atom is -0.508 e. The van der Waals surface area contributed by atoms with Crippen molar-refractivity contribution in [3.05, 3.63) is 76.3 Å². The lowest BCUT2D eigenvalue weighted by molar-refractivity contribution is -0.131. The third-order valence-electron chi connectivity index (χ3n) is 3.45. The highest BCUT2D eigenvalue weighted by Crippen LogP contribution is 2.32. The first kappa shape index (κ1) is 20.2. The lowest BCUT2D eigenvalue weighted by Gasteiger charge is -2.18. The van der Waals surface area contributed by atoms with Gasteiger partial charge in [0.1, 0.15) is 11.9 Å². The van der Waals surface area contributed by atoms with Gasteiger partial charge in [0.15, 0.2) is 0 Å². The van der Waals surface area contributed by atoms with Gasteiger partial charge in [-0.15, -0.1) is 0 Å². The maximum atomic E-state index is 12.1. The fourth-order valence-electron chi connectivity index (χ4n) is 2.23. The number of halogens is 1. The summed E-state index contributed by atoms with van der Waals surface area (Å²) in [5.74, 6) is -1.93. The third kappa shape index (κ3) is 6.27. The standard InChI is InChI=1S/C19H16BrNO6/c20-13-9-10-15(22)14(11-13)16(7-4-8-17(23)24)27-19(26)21-18(25)12-5-2-1-3-6-12/h1-6,8-11,16,22H,7H2,(H,23,24)(H,21,25,26)/b8-4+/t16-/m1/s1. The van der Waals surface area contributed by atoms with E-state index in [1.165, 1.54) is 24.3 Å². The van der Waals surface area contributed by atoms with Crippen molar-refractivity contribution < 1.29 is 29.3 Å². The summed E-state index contributed by atoms with van der Waals surface area (Å²) in [4.78, 5) is 34.8. The Morgan fingerprint density at radius 3 is 2.52 bits per heavy atom. The molecule has 1 atom stereocenters. The van der Waals surface area contributed by atoms with Gasteiger partial charge in [0.2, 0.25) is 0 Å². The lowest BCUT2D eigenvalue weighted by atomic mass is 10.1. The van der Waals surface area contributed by atoms with E-state index in [0.29, 0.717) is 4.47 Å². The predicted molar refractivity (Wildman–Crippen MR) is 100 cm³/mol. The van der Waals surface area contributed by atoms with Gasteiger partial charge in [0.25, 0.3) is 5.91 Å². The fourth-order valence-corrected chi connectivity index (χ4v) is 2.61. The van der Waals surface area contributed by atoms with Gasteiger partial charge in [-0.25, -0.2) is 9.59 Å². The van der Waals surface area contributed by atoms with Crippen molar-refractivity contribution in [2.24, 2.45) is 0 Å². The molecule has 2 aromatic rings. The minimum atomic E-state index is -1.16. The van der Waals surface area contributed by atoms with Crippen molar-refractivity contribution in [3.63, 3.8) is 0 Å². The van der Waals surface area contributed by atoms with Gasteiger partial charge in [0, 0.05) is 28.1 Å². The zero-order chi connectivity index (χ0) is 19.8. The van der Waals surface area contributed by atoms with Crippen molar-refractivity contribution in [1.82, 2.24) is 5.32 Å². The van der Waals surface area contributed by atoms with Crippen LogP contribution in [0.25, 0.3) is 0 Å². The molecule has 3 N–H and O–H groups in total. The number of ether oxygens (including phenoxy) is 1. The molecule has 0 aromatic heterocycles. The summed E-state index contributed by atoms with van der Waals surface area (Å²) in [6, 6.07) is 12.7. The summed E-state index contributed by atoms with van der Waals surface area (Å²) in [5, 5.41) is 20.9. The number of aromatic hydroxyl groups is 1. The number of carboxylic acid groups (broad SMARTS) is 1. The zero-order valence-corrected chi connectivity index (χ0v) is 15.5. The van der Waals surface area contributed by atoms with Crippen molar-refractivity contribution in [3.8, 4) is 5.75 Å². The van der Waals surface area contributed by atoms with Crippen molar-refractivity contribution in [1.29, 1.82) is 0 Å². The number of carbonyl (C=O) groups excluding carboxylic acids is 2. The first-order chi connectivity index (χ1) is 12.9. The molecule has 2 amide bonds. The molecular formula is C19H16BrNO6. The van der Waals surface area contributed by atoms with Crippen LogP contribution < -0.4 is 5.32 Å². The largest absolute Gasteiger partial charge is 0.508 e. The van der Waals surface area contributed by atoms with Crippen LogP contribution in [-0.4, -0.2) is 28.2 Å². The van der Waals surface area contributed by atoms with Gasteiger partial charge >= 0.3 is 12.1 Å². The fraction of sp³-hybridized carbons (Fsp3) is 0.105. The molecule has 0 aliphatic heterocycles. The molecule has 0 heterocycles. The number of phenolic OH excluding ortho intramolecular Hbond substituents is 1. The highest BCUT2D eigenvalue weighted by molar-refractivity contribution is 9.10. The molecule has 0 unspecified atom stereocenters. The van der Waals surface area contributed by atoms with E-state index >= 15 is 0 Å². The summed E-state index contributed by atoms with van der Waals surface area (Å²) in [7, 11) is 0. The maximum absolute atomic E-state index is 12.1. The molecule has 27 heavy (non-hydrogen) atoms. The number of aliphatic carboxylic acids is 1. The molecule has 140 valence electrons. The van der Waals surface area contributed by atoms with Crippen LogP contribution in [0.1, 0.15) is 28.4 Å². The summed E-state index contributed by atoms with van der Waals surface area (Å²) >= 11 is 3.26. The van der Waals surface area contributed by atoms with Crippen LogP contribution >= 0.6 is 15.9 Å². The monoisotopic (exact) mass is 433 g/mol.